The van der Waals surface area contributed by atoms with Crippen LogP contribution in [-0.2, 0) is 4.79 Å². The second-order valence-corrected chi connectivity index (χ2v) is 4.34. The monoisotopic (exact) mass is 253 g/mol. The zero-order valence-electron chi connectivity index (χ0n) is 10.3. The summed E-state index contributed by atoms with van der Waals surface area (Å²) in [4.78, 5) is 13.5. The van der Waals surface area contributed by atoms with Crippen LogP contribution in [0.3, 0.4) is 0 Å². The van der Waals surface area contributed by atoms with Crippen LogP contribution in [0.5, 0.6) is 0 Å². The van der Waals surface area contributed by atoms with Gasteiger partial charge in [-0.15, -0.1) is 0 Å². The fraction of sp³-hybridized carbons (Fsp3) is 0.500. The Kier molecular flexibility index (Phi) is 4.09. The maximum atomic E-state index is 13.0. The number of aryl methyl sites for hydroxylation is 1. The second kappa shape index (κ2) is 5.77. The first-order chi connectivity index (χ1) is 8.63. The van der Waals surface area contributed by atoms with Gasteiger partial charge < -0.3 is 9.84 Å². The molecule has 98 valence electrons. The Hall–Kier alpha value is -1.69. The number of anilines is 1. The van der Waals surface area contributed by atoms with E-state index in [1.165, 1.54) is 0 Å². The first kappa shape index (κ1) is 12.8. The van der Waals surface area contributed by atoms with Crippen LogP contribution in [0.25, 0.3) is 0 Å². The van der Waals surface area contributed by atoms with Crippen LogP contribution in [0.15, 0.2) is 22.5 Å². The third-order valence-electron chi connectivity index (χ3n) is 2.74. The van der Waals surface area contributed by atoms with E-state index in [4.69, 9.17) is 4.52 Å². The van der Waals surface area contributed by atoms with E-state index in [1.54, 1.807) is 19.1 Å². The zero-order valence-corrected chi connectivity index (χ0v) is 10.3. The van der Waals surface area contributed by atoms with Crippen LogP contribution in [0.2, 0.25) is 0 Å². The predicted octanol–water partition coefficient (Wildman–Crippen LogP) is 1.87. The summed E-state index contributed by atoms with van der Waals surface area (Å²) in [6, 6.07) is 1.65. The summed E-state index contributed by atoms with van der Waals surface area (Å²) in [6.45, 7) is 3.40. The highest BCUT2D eigenvalue weighted by Gasteiger charge is 2.14. The third kappa shape index (κ3) is 3.66. The van der Waals surface area contributed by atoms with Crippen molar-refractivity contribution in [3.8, 4) is 0 Å². The standard InChI is InChI=1S/C12H16FN3O2/c1-9-7-11(15-18-9)14-12(17)4-6-16-5-2-3-10(13)8-16/h3,7H,2,4-6,8H2,1H3,(H,14,15,17). The molecule has 0 spiro atoms. The highest BCUT2D eigenvalue weighted by atomic mass is 19.1. The van der Waals surface area contributed by atoms with Crippen LogP contribution in [-0.4, -0.2) is 35.6 Å². The van der Waals surface area contributed by atoms with Crippen LogP contribution in [0.1, 0.15) is 18.6 Å². The molecule has 1 aromatic heterocycles. The number of carbonyl (C=O) groups is 1. The van der Waals surface area contributed by atoms with Crippen LogP contribution >= 0.6 is 0 Å². The lowest BCUT2D eigenvalue weighted by molar-refractivity contribution is -0.116. The predicted molar refractivity (Wildman–Crippen MR) is 64.7 cm³/mol. The van der Waals surface area contributed by atoms with E-state index >= 15 is 0 Å². The Bertz CT molecular complexity index is 456. The lowest BCUT2D eigenvalue weighted by Gasteiger charge is -2.23. The topological polar surface area (TPSA) is 58.4 Å². The molecule has 1 aromatic rings. The number of aromatic nitrogens is 1. The van der Waals surface area contributed by atoms with Gasteiger partial charge in [-0.05, 0) is 13.3 Å². The molecule has 0 unspecified atom stereocenters. The van der Waals surface area contributed by atoms with Gasteiger partial charge >= 0.3 is 0 Å². The first-order valence-electron chi connectivity index (χ1n) is 5.93. The highest BCUT2D eigenvalue weighted by molar-refractivity contribution is 5.89. The SMILES string of the molecule is Cc1cc(NC(=O)CCN2CCC=C(F)C2)no1. The number of halogens is 1. The van der Waals surface area contributed by atoms with E-state index in [0.717, 1.165) is 6.54 Å². The Balaban J connectivity index is 1.73. The molecule has 2 heterocycles. The van der Waals surface area contributed by atoms with E-state index in [1.807, 2.05) is 4.90 Å². The minimum atomic E-state index is -0.140. The van der Waals surface area contributed by atoms with Gasteiger partial charge in [-0.3, -0.25) is 9.69 Å². The van der Waals surface area contributed by atoms with E-state index in [2.05, 4.69) is 10.5 Å². The largest absolute Gasteiger partial charge is 0.360 e. The van der Waals surface area contributed by atoms with Gasteiger partial charge in [0.15, 0.2) is 5.82 Å². The van der Waals surface area contributed by atoms with Crippen molar-refractivity contribution in [2.24, 2.45) is 0 Å². The van der Waals surface area contributed by atoms with Crippen LogP contribution in [0, 0.1) is 6.92 Å². The van der Waals surface area contributed by atoms with Gasteiger partial charge in [0.05, 0.1) is 0 Å². The molecule has 0 saturated carbocycles. The summed E-state index contributed by atoms with van der Waals surface area (Å²) in [7, 11) is 0. The van der Waals surface area contributed by atoms with Crippen molar-refractivity contribution in [1.29, 1.82) is 0 Å². The van der Waals surface area contributed by atoms with E-state index in [-0.39, 0.29) is 11.7 Å². The van der Waals surface area contributed by atoms with Crippen molar-refractivity contribution in [3.05, 3.63) is 23.7 Å². The Morgan fingerprint density at radius 3 is 3.17 bits per heavy atom. The maximum absolute atomic E-state index is 13.0. The number of carbonyl (C=O) groups excluding carboxylic acids is 1. The lowest BCUT2D eigenvalue weighted by Crippen LogP contribution is -2.32. The normalized spacial score (nSPS) is 16.4. The molecule has 1 amide bonds. The Labute approximate surface area is 105 Å². The van der Waals surface area contributed by atoms with Crippen molar-refractivity contribution >= 4 is 11.7 Å². The van der Waals surface area contributed by atoms with Crippen molar-refractivity contribution < 1.29 is 13.7 Å². The fourth-order valence-electron chi connectivity index (χ4n) is 1.84. The zero-order chi connectivity index (χ0) is 13.0. The summed E-state index contributed by atoms with van der Waals surface area (Å²) < 4.78 is 17.8. The van der Waals surface area contributed by atoms with Gasteiger partial charge in [0.2, 0.25) is 5.91 Å². The molecule has 0 saturated heterocycles. The fourth-order valence-corrected chi connectivity index (χ4v) is 1.84. The number of rotatable bonds is 4. The summed E-state index contributed by atoms with van der Waals surface area (Å²) in [6.07, 6.45) is 2.61. The molecular formula is C12H16FN3O2. The molecule has 18 heavy (non-hydrogen) atoms. The lowest BCUT2D eigenvalue weighted by atomic mass is 10.2. The Morgan fingerprint density at radius 2 is 2.50 bits per heavy atom. The quantitative estimate of drug-likeness (QED) is 0.890. The molecule has 5 nitrogen and oxygen atoms in total. The number of hydrogen-bond acceptors (Lipinski definition) is 4. The number of hydrogen-bond donors (Lipinski definition) is 1. The molecule has 0 fully saturated rings. The summed E-state index contributed by atoms with van der Waals surface area (Å²) in [5.41, 5.74) is 0. The molecule has 0 atom stereocenters. The van der Waals surface area contributed by atoms with Crippen molar-refractivity contribution in [1.82, 2.24) is 10.1 Å². The molecule has 0 aromatic carbocycles. The van der Waals surface area contributed by atoms with Gasteiger partial charge in [-0.2, -0.15) is 0 Å². The van der Waals surface area contributed by atoms with Gasteiger partial charge in [0.1, 0.15) is 11.6 Å². The average Bonchev–Trinajstić information content (AvgIpc) is 2.72. The maximum Gasteiger partial charge on any atom is 0.226 e. The van der Waals surface area contributed by atoms with Crippen molar-refractivity contribution in [2.75, 3.05) is 25.0 Å². The molecule has 1 aliphatic rings. The molecule has 6 heteroatoms. The number of amides is 1. The molecule has 0 aliphatic carbocycles. The second-order valence-electron chi connectivity index (χ2n) is 4.34. The van der Waals surface area contributed by atoms with Crippen LogP contribution < -0.4 is 5.32 Å². The molecular weight excluding hydrogens is 237 g/mol. The van der Waals surface area contributed by atoms with Crippen LogP contribution in [0.4, 0.5) is 10.2 Å². The van der Waals surface area contributed by atoms with Gasteiger partial charge in [0.25, 0.3) is 0 Å². The highest BCUT2D eigenvalue weighted by Crippen LogP contribution is 2.11. The minimum Gasteiger partial charge on any atom is -0.360 e. The smallest absolute Gasteiger partial charge is 0.226 e. The minimum absolute atomic E-state index is 0.117. The van der Waals surface area contributed by atoms with E-state index in [0.29, 0.717) is 37.5 Å². The number of nitrogens with one attached hydrogen (secondary N) is 1. The van der Waals surface area contributed by atoms with Crippen molar-refractivity contribution in [3.63, 3.8) is 0 Å². The van der Waals surface area contributed by atoms with E-state index < -0.39 is 0 Å². The summed E-state index contributed by atoms with van der Waals surface area (Å²) >= 11 is 0. The summed E-state index contributed by atoms with van der Waals surface area (Å²) in [5.74, 6) is 0.808. The molecule has 2 rings (SSSR count). The van der Waals surface area contributed by atoms with Crippen molar-refractivity contribution in [2.45, 2.75) is 19.8 Å². The molecule has 1 N–H and O–H groups in total. The molecule has 1 aliphatic heterocycles. The average molecular weight is 253 g/mol. The van der Waals surface area contributed by atoms with Gasteiger partial charge in [-0.25, -0.2) is 4.39 Å². The number of nitrogens with zero attached hydrogens (tertiary/aromatic N) is 2. The van der Waals surface area contributed by atoms with Gasteiger partial charge in [0, 0.05) is 32.1 Å². The summed E-state index contributed by atoms with van der Waals surface area (Å²) in [5, 5.41) is 6.31. The van der Waals surface area contributed by atoms with E-state index in [9.17, 15) is 9.18 Å². The molecule has 0 radical (unpaired) electrons. The van der Waals surface area contributed by atoms with Gasteiger partial charge in [-0.1, -0.05) is 11.2 Å². The first-order valence-corrected chi connectivity index (χ1v) is 5.93. The Morgan fingerprint density at radius 1 is 1.67 bits per heavy atom. The molecule has 0 bridgehead atoms. The third-order valence-corrected chi connectivity index (χ3v) is 2.74.